The van der Waals surface area contributed by atoms with Gasteiger partial charge in [0.2, 0.25) is 0 Å². The molecular weight excluding hydrogens is 280 g/mol. The van der Waals surface area contributed by atoms with Crippen LogP contribution < -0.4 is 4.74 Å². The molecule has 114 valence electrons. The highest BCUT2D eigenvalue weighted by Crippen LogP contribution is 2.21. The first kappa shape index (κ1) is 15.8. The highest BCUT2D eigenvalue weighted by Gasteiger charge is 2.15. The molecule has 0 fully saturated rings. The zero-order valence-electron chi connectivity index (χ0n) is 12.6. The minimum absolute atomic E-state index is 0.0562. The Morgan fingerprint density at radius 3 is 2.32 bits per heavy atom. The fourth-order valence-electron chi connectivity index (χ4n) is 2.09. The van der Waals surface area contributed by atoms with Crippen LogP contribution in [0, 0.1) is 0 Å². The molecule has 2 aromatic carbocycles. The maximum absolute atomic E-state index is 12.1. The van der Waals surface area contributed by atoms with Gasteiger partial charge in [-0.15, -0.1) is 0 Å². The van der Waals surface area contributed by atoms with Crippen molar-refractivity contribution in [3.05, 3.63) is 65.7 Å². The molecule has 0 aromatic heterocycles. The lowest BCUT2D eigenvalue weighted by molar-refractivity contribution is -0.148. The van der Waals surface area contributed by atoms with Crippen LogP contribution in [0.4, 0.5) is 0 Å². The minimum Gasteiger partial charge on any atom is -0.458 e. The third kappa shape index (κ3) is 4.45. The van der Waals surface area contributed by atoms with E-state index in [1.165, 1.54) is 6.92 Å². The van der Waals surface area contributed by atoms with Gasteiger partial charge in [0, 0.05) is 12.5 Å². The van der Waals surface area contributed by atoms with Crippen LogP contribution in [0.5, 0.6) is 5.75 Å². The fourth-order valence-corrected chi connectivity index (χ4v) is 2.09. The summed E-state index contributed by atoms with van der Waals surface area (Å²) in [5.41, 5.74) is 1.56. The van der Waals surface area contributed by atoms with Crippen molar-refractivity contribution in [1.82, 2.24) is 0 Å². The van der Waals surface area contributed by atoms with Gasteiger partial charge in [-0.2, -0.15) is 0 Å². The summed E-state index contributed by atoms with van der Waals surface area (Å²) in [5, 5.41) is 0. The standard InChI is InChI=1S/C18H18O4/c1-13(15-8-4-3-5-9-15)21-18(20)12-16-10-6-7-11-17(16)22-14(2)19/h3-11,13H,12H2,1-2H3. The maximum atomic E-state index is 12.1. The number of carbonyl (C=O) groups is 2. The lowest BCUT2D eigenvalue weighted by Crippen LogP contribution is -2.13. The van der Waals surface area contributed by atoms with Crippen LogP contribution in [-0.2, 0) is 20.7 Å². The van der Waals surface area contributed by atoms with Crippen LogP contribution in [0.1, 0.15) is 31.1 Å². The molecule has 4 nitrogen and oxygen atoms in total. The van der Waals surface area contributed by atoms with Gasteiger partial charge in [0.15, 0.2) is 0 Å². The number of benzene rings is 2. The molecule has 0 radical (unpaired) electrons. The van der Waals surface area contributed by atoms with Crippen LogP contribution in [0.3, 0.4) is 0 Å². The molecule has 0 bridgehead atoms. The van der Waals surface area contributed by atoms with Crippen LogP contribution in [0.2, 0.25) is 0 Å². The Balaban J connectivity index is 2.02. The van der Waals surface area contributed by atoms with Gasteiger partial charge in [0.1, 0.15) is 11.9 Å². The van der Waals surface area contributed by atoms with Crippen LogP contribution >= 0.6 is 0 Å². The van der Waals surface area contributed by atoms with E-state index in [1.807, 2.05) is 37.3 Å². The quantitative estimate of drug-likeness (QED) is 0.626. The second-order valence-electron chi connectivity index (χ2n) is 4.92. The molecule has 0 aliphatic rings. The van der Waals surface area contributed by atoms with E-state index in [9.17, 15) is 9.59 Å². The molecule has 0 amide bonds. The molecule has 22 heavy (non-hydrogen) atoms. The summed E-state index contributed by atoms with van der Waals surface area (Å²) >= 11 is 0. The predicted octanol–water partition coefficient (Wildman–Crippen LogP) is 3.46. The number of hydrogen-bond donors (Lipinski definition) is 0. The van der Waals surface area contributed by atoms with Crippen LogP contribution in [-0.4, -0.2) is 11.9 Å². The molecule has 4 heteroatoms. The Kier molecular flexibility index (Phi) is 5.31. The monoisotopic (exact) mass is 298 g/mol. The summed E-state index contributed by atoms with van der Waals surface area (Å²) < 4.78 is 10.5. The van der Waals surface area contributed by atoms with Crippen molar-refractivity contribution in [1.29, 1.82) is 0 Å². The van der Waals surface area contributed by atoms with E-state index in [2.05, 4.69) is 0 Å². The molecule has 0 N–H and O–H groups in total. The average Bonchev–Trinajstić information content (AvgIpc) is 2.49. The third-order valence-corrected chi connectivity index (χ3v) is 3.14. The van der Waals surface area contributed by atoms with Gasteiger partial charge in [0.25, 0.3) is 0 Å². The van der Waals surface area contributed by atoms with E-state index < -0.39 is 5.97 Å². The van der Waals surface area contributed by atoms with Crippen molar-refractivity contribution >= 4 is 11.9 Å². The van der Waals surface area contributed by atoms with Gasteiger partial charge in [0.05, 0.1) is 6.42 Å². The van der Waals surface area contributed by atoms with Crippen LogP contribution in [0.25, 0.3) is 0 Å². The zero-order valence-corrected chi connectivity index (χ0v) is 12.6. The molecule has 0 aliphatic heterocycles. The van der Waals surface area contributed by atoms with Gasteiger partial charge in [-0.25, -0.2) is 0 Å². The zero-order chi connectivity index (χ0) is 15.9. The number of hydrogen-bond acceptors (Lipinski definition) is 4. The van der Waals surface area contributed by atoms with Gasteiger partial charge >= 0.3 is 11.9 Å². The summed E-state index contributed by atoms with van der Waals surface area (Å²) in [4.78, 5) is 23.1. The normalized spacial score (nSPS) is 11.5. The van der Waals surface area contributed by atoms with Gasteiger partial charge in [-0.05, 0) is 18.6 Å². The van der Waals surface area contributed by atoms with Crippen molar-refractivity contribution in [3.8, 4) is 5.75 Å². The van der Waals surface area contributed by atoms with Crippen molar-refractivity contribution in [3.63, 3.8) is 0 Å². The van der Waals surface area contributed by atoms with Crippen molar-refractivity contribution in [2.75, 3.05) is 0 Å². The second kappa shape index (κ2) is 7.41. The number of esters is 2. The fraction of sp³-hybridized carbons (Fsp3) is 0.222. The number of ether oxygens (including phenoxy) is 2. The van der Waals surface area contributed by atoms with Crippen molar-refractivity contribution in [2.24, 2.45) is 0 Å². The van der Waals surface area contributed by atoms with Crippen LogP contribution in [0.15, 0.2) is 54.6 Å². The lowest BCUT2D eigenvalue weighted by Gasteiger charge is -2.14. The Labute approximate surface area is 129 Å². The molecule has 0 saturated carbocycles. The molecule has 1 unspecified atom stereocenters. The number of para-hydroxylation sites is 1. The van der Waals surface area contributed by atoms with Crippen molar-refractivity contribution in [2.45, 2.75) is 26.4 Å². The summed E-state index contributed by atoms with van der Waals surface area (Å²) in [5.74, 6) is -0.395. The van der Waals surface area contributed by atoms with Gasteiger partial charge in [-0.1, -0.05) is 48.5 Å². The minimum atomic E-state index is -0.418. The maximum Gasteiger partial charge on any atom is 0.311 e. The first-order chi connectivity index (χ1) is 10.6. The Morgan fingerprint density at radius 1 is 1.00 bits per heavy atom. The molecule has 2 rings (SSSR count). The molecule has 1 atom stereocenters. The first-order valence-corrected chi connectivity index (χ1v) is 7.07. The summed E-state index contributed by atoms with van der Waals surface area (Å²) in [6.07, 6.45) is -0.268. The van der Waals surface area contributed by atoms with Crippen molar-refractivity contribution < 1.29 is 19.1 Å². The first-order valence-electron chi connectivity index (χ1n) is 7.07. The van der Waals surface area contributed by atoms with Gasteiger partial charge < -0.3 is 9.47 Å². The molecule has 0 saturated heterocycles. The molecule has 2 aromatic rings. The van der Waals surface area contributed by atoms with E-state index in [4.69, 9.17) is 9.47 Å². The van der Waals surface area contributed by atoms with E-state index in [0.717, 1.165) is 5.56 Å². The second-order valence-corrected chi connectivity index (χ2v) is 4.92. The van der Waals surface area contributed by atoms with E-state index in [-0.39, 0.29) is 18.5 Å². The summed E-state index contributed by atoms with van der Waals surface area (Å²) in [6.45, 7) is 3.15. The smallest absolute Gasteiger partial charge is 0.311 e. The Morgan fingerprint density at radius 2 is 1.64 bits per heavy atom. The highest BCUT2D eigenvalue weighted by atomic mass is 16.5. The Bertz CT molecular complexity index is 649. The van der Waals surface area contributed by atoms with E-state index >= 15 is 0 Å². The Hall–Kier alpha value is -2.62. The van der Waals surface area contributed by atoms with Gasteiger partial charge in [-0.3, -0.25) is 9.59 Å². The summed E-state index contributed by atoms with van der Waals surface area (Å²) in [7, 11) is 0. The number of carbonyl (C=O) groups excluding carboxylic acids is 2. The molecule has 0 spiro atoms. The molecular formula is C18H18O4. The van der Waals surface area contributed by atoms with E-state index in [0.29, 0.717) is 11.3 Å². The lowest BCUT2D eigenvalue weighted by atomic mass is 10.1. The SMILES string of the molecule is CC(=O)Oc1ccccc1CC(=O)OC(C)c1ccccc1. The third-order valence-electron chi connectivity index (χ3n) is 3.14. The molecule has 0 heterocycles. The van der Waals surface area contributed by atoms with E-state index in [1.54, 1.807) is 24.3 Å². The topological polar surface area (TPSA) is 52.6 Å². The average molecular weight is 298 g/mol. The summed E-state index contributed by atoms with van der Waals surface area (Å²) in [6, 6.07) is 16.5. The largest absolute Gasteiger partial charge is 0.458 e. The predicted molar refractivity (Wildman–Crippen MR) is 82.4 cm³/mol. The molecule has 0 aliphatic carbocycles. The number of rotatable bonds is 5. The highest BCUT2D eigenvalue weighted by molar-refractivity contribution is 5.75.